The number of alkyl halides is 3. The molecule has 3 rings (SSSR count). The predicted molar refractivity (Wildman–Crippen MR) is 74.2 cm³/mol. The summed E-state index contributed by atoms with van der Waals surface area (Å²) in [6, 6.07) is 2.36. The van der Waals surface area contributed by atoms with E-state index < -0.39 is 11.7 Å². The van der Waals surface area contributed by atoms with Gasteiger partial charge in [0.05, 0.1) is 11.3 Å². The Bertz CT molecular complexity index is 689. The summed E-state index contributed by atoms with van der Waals surface area (Å²) in [5, 5.41) is 2.84. The average Bonchev–Trinajstić information content (AvgIpc) is 2.77. The minimum atomic E-state index is -4.37. The zero-order chi connectivity index (χ0) is 15.7. The van der Waals surface area contributed by atoms with Crippen LogP contribution in [0.15, 0.2) is 24.5 Å². The average molecular weight is 311 g/mol. The van der Waals surface area contributed by atoms with Crippen molar-refractivity contribution in [3.05, 3.63) is 35.8 Å². The van der Waals surface area contributed by atoms with Crippen LogP contribution in [0.5, 0.6) is 0 Å². The molecule has 0 radical (unpaired) electrons. The van der Waals surface area contributed by atoms with Crippen LogP contribution in [0.4, 0.5) is 13.2 Å². The van der Waals surface area contributed by atoms with Gasteiger partial charge in [-0.3, -0.25) is 4.79 Å². The van der Waals surface area contributed by atoms with E-state index >= 15 is 0 Å². The normalized spacial score (nSPS) is 15.8. The molecule has 0 spiro atoms. The zero-order valence-electron chi connectivity index (χ0n) is 11.9. The number of nitrogens with zero attached hydrogens (tertiary/aromatic N) is 2. The summed E-state index contributed by atoms with van der Waals surface area (Å²) in [6.07, 6.45) is 1.72. The van der Waals surface area contributed by atoms with E-state index in [2.05, 4.69) is 10.3 Å². The minimum Gasteiger partial charge on any atom is -0.355 e. The number of rotatable bonds is 4. The number of pyridine rings is 1. The Hall–Kier alpha value is -2.05. The standard InChI is InChI=1S/C15H16F3N3O/c16-15(17,18)11-4-5-13-20-12(9-21(13)8-11)6-7-19-14(22)10-2-1-3-10/h4-5,8-10H,1-3,6-7H2,(H,19,22). The molecule has 1 aliphatic carbocycles. The maximum absolute atomic E-state index is 12.6. The molecule has 0 atom stereocenters. The molecule has 1 N–H and O–H groups in total. The molecule has 0 aromatic carbocycles. The maximum Gasteiger partial charge on any atom is 0.417 e. The third kappa shape index (κ3) is 3.08. The number of hydrogen-bond acceptors (Lipinski definition) is 2. The van der Waals surface area contributed by atoms with Crippen molar-refractivity contribution in [1.29, 1.82) is 0 Å². The molecule has 2 aromatic heterocycles. The topological polar surface area (TPSA) is 46.4 Å². The van der Waals surface area contributed by atoms with E-state index in [1.807, 2.05) is 0 Å². The number of amides is 1. The highest BCUT2D eigenvalue weighted by Gasteiger charge is 2.30. The van der Waals surface area contributed by atoms with Crippen LogP contribution in [0.3, 0.4) is 0 Å². The molecule has 2 aromatic rings. The number of aromatic nitrogens is 2. The molecule has 118 valence electrons. The van der Waals surface area contributed by atoms with Crippen LogP contribution in [-0.2, 0) is 17.4 Å². The summed E-state index contributed by atoms with van der Waals surface area (Å²) in [5.41, 5.74) is 0.420. The van der Waals surface area contributed by atoms with Crippen molar-refractivity contribution >= 4 is 11.6 Å². The molecule has 0 saturated heterocycles. The van der Waals surface area contributed by atoms with Crippen molar-refractivity contribution in [2.75, 3.05) is 6.54 Å². The summed E-state index contributed by atoms with van der Waals surface area (Å²) in [5.74, 6) is 0.199. The lowest BCUT2D eigenvalue weighted by atomic mass is 9.85. The summed E-state index contributed by atoms with van der Waals surface area (Å²) in [7, 11) is 0. The van der Waals surface area contributed by atoms with Crippen molar-refractivity contribution in [1.82, 2.24) is 14.7 Å². The summed E-state index contributed by atoms with van der Waals surface area (Å²) in [4.78, 5) is 15.9. The van der Waals surface area contributed by atoms with Gasteiger partial charge in [-0.1, -0.05) is 6.42 Å². The van der Waals surface area contributed by atoms with E-state index in [1.54, 1.807) is 6.20 Å². The molecule has 4 nitrogen and oxygen atoms in total. The van der Waals surface area contributed by atoms with E-state index in [-0.39, 0.29) is 11.8 Å². The molecule has 0 unspecified atom stereocenters. The van der Waals surface area contributed by atoms with Crippen molar-refractivity contribution in [2.45, 2.75) is 31.9 Å². The minimum absolute atomic E-state index is 0.0642. The monoisotopic (exact) mass is 311 g/mol. The molecule has 1 aliphatic rings. The predicted octanol–water partition coefficient (Wildman–Crippen LogP) is 2.81. The SMILES string of the molecule is O=C(NCCc1cn2cc(C(F)(F)F)ccc2n1)C1CCC1. The number of imidazole rings is 1. The molecule has 0 aliphatic heterocycles. The van der Waals surface area contributed by atoms with Crippen LogP contribution in [0.25, 0.3) is 5.65 Å². The van der Waals surface area contributed by atoms with Crippen LogP contribution in [0.1, 0.15) is 30.5 Å². The van der Waals surface area contributed by atoms with Crippen LogP contribution in [0.2, 0.25) is 0 Å². The Balaban J connectivity index is 1.63. The van der Waals surface area contributed by atoms with Gasteiger partial charge in [0, 0.05) is 31.3 Å². The van der Waals surface area contributed by atoms with Gasteiger partial charge < -0.3 is 9.72 Å². The smallest absolute Gasteiger partial charge is 0.355 e. The second-order valence-electron chi connectivity index (χ2n) is 5.58. The Morgan fingerprint density at radius 1 is 1.32 bits per heavy atom. The van der Waals surface area contributed by atoms with E-state index in [1.165, 1.54) is 10.5 Å². The Morgan fingerprint density at radius 3 is 2.73 bits per heavy atom. The first kappa shape index (κ1) is 14.9. The third-order valence-corrected chi connectivity index (χ3v) is 3.98. The molecule has 22 heavy (non-hydrogen) atoms. The highest BCUT2D eigenvalue weighted by Crippen LogP contribution is 2.29. The Labute approximate surface area is 125 Å². The van der Waals surface area contributed by atoms with Gasteiger partial charge in [0.25, 0.3) is 0 Å². The number of nitrogens with one attached hydrogen (secondary N) is 1. The van der Waals surface area contributed by atoms with Crippen LogP contribution in [0, 0.1) is 5.92 Å². The molecule has 1 amide bonds. The van der Waals surface area contributed by atoms with Gasteiger partial charge >= 0.3 is 6.18 Å². The molecule has 2 heterocycles. The van der Waals surface area contributed by atoms with Crippen LogP contribution >= 0.6 is 0 Å². The molecule has 7 heteroatoms. The lowest BCUT2D eigenvalue weighted by Crippen LogP contribution is -2.35. The summed E-state index contributed by atoms with van der Waals surface area (Å²) < 4.78 is 39.3. The van der Waals surface area contributed by atoms with Gasteiger partial charge in [0.1, 0.15) is 5.65 Å². The van der Waals surface area contributed by atoms with Crippen LogP contribution < -0.4 is 5.32 Å². The fourth-order valence-electron chi connectivity index (χ4n) is 2.46. The molecule has 1 saturated carbocycles. The van der Waals surface area contributed by atoms with Crippen molar-refractivity contribution in [2.24, 2.45) is 5.92 Å². The van der Waals surface area contributed by atoms with Gasteiger partial charge in [-0.25, -0.2) is 4.98 Å². The number of halogens is 3. The Morgan fingerprint density at radius 2 is 2.09 bits per heavy atom. The molecule has 0 bridgehead atoms. The van der Waals surface area contributed by atoms with Gasteiger partial charge in [0.15, 0.2) is 0 Å². The molecule has 1 fully saturated rings. The second-order valence-corrected chi connectivity index (χ2v) is 5.58. The fourth-order valence-corrected chi connectivity index (χ4v) is 2.46. The number of hydrogen-bond donors (Lipinski definition) is 1. The largest absolute Gasteiger partial charge is 0.417 e. The first-order valence-corrected chi connectivity index (χ1v) is 7.26. The molecular formula is C15H16F3N3O. The maximum atomic E-state index is 12.6. The van der Waals surface area contributed by atoms with E-state index in [0.29, 0.717) is 24.3 Å². The Kier molecular flexibility index (Phi) is 3.80. The first-order chi connectivity index (χ1) is 10.4. The second kappa shape index (κ2) is 5.62. The van der Waals surface area contributed by atoms with E-state index in [9.17, 15) is 18.0 Å². The summed E-state index contributed by atoms with van der Waals surface area (Å²) >= 11 is 0. The third-order valence-electron chi connectivity index (χ3n) is 3.98. The van der Waals surface area contributed by atoms with E-state index in [0.717, 1.165) is 31.5 Å². The lowest BCUT2D eigenvalue weighted by molar-refractivity contribution is -0.137. The van der Waals surface area contributed by atoms with Gasteiger partial charge in [-0.15, -0.1) is 0 Å². The number of carbonyl (C=O) groups excluding carboxylic acids is 1. The van der Waals surface area contributed by atoms with Crippen molar-refractivity contribution < 1.29 is 18.0 Å². The van der Waals surface area contributed by atoms with Crippen molar-refractivity contribution in [3.8, 4) is 0 Å². The lowest BCUT2D eigenvalue weighted by Gasteiger charge is -2.23. The van der Waals surface area contributed by atoms with Crippen molar-refractivity contribution in [3.63, 3.8) is 0 Å². The van der Waals surface area contributed by atoms with Gasteiger partial charge in [-0.05, 0) is 25.0 Å². The number of carbonyl (C=O) groups is 1. The highest BCUT2D eigenvalue weighted by atomic mass is 19.4. The molecular weight excluding hydrogens is 295 g/mol. The fraction of sp³-hybridized carbons (Fsp3) is 0.467. The zero-order valence-corrected chi connectivity index (χ0v) is 11.9. The van der Waals surface area contributed by atoms with E-state index in [4.69, 9.17) is 0 Å². The quantitative estimate of drug-likeness (QED) is 0.944. The van der Waals surface area contributed by atoms with Crippen LogP contribution in [-0.4, -0.2) is 21.8 Å². The first-order valence-electron chi connectivity index (χ1n) is 7.26. The highest BCUT2D eigenvalue weighted by molar-refractivity contribution is 5.79. The summed E-state index contributed by atoms with van der Waals surface area (Å²) in [6.45, 7) is 0.450. The van der Waals surface area contributed by atoms with Gasteiger partial charge in [-0.2, -0.15) is 13.2 Å². The van der Waals surface area contributed by atoms with Gasteiger partial charge in [0.2, 0.25) is 5.91 Å². The number of fused-ring (bicyclic) bond motifs is 1.